The zero-order valence-corrected chi connectivity index (χ0v) is 12.6. The molecule has 3 heteroatoms. The van der Waals surface area contributed by atoms with Gasteiger partial charge in [0, 0.05) is 18.3 Å². The van der Waals surface area contributed by atoms with Crippen molar-refractivity contribution in [2.45, 2.75) is 33.2 Å². The Hall–Kier alpha value is -1.87. The highest BCUT2D eigenvalue weighted by atomic mass is 16.5. The van der Waals surface area contributed by atoms with Crippen LogP contribution in [-0.2, 0) is 6.54 Å². The lowest BCUT2D eigenvalue weighted by Crippen LogP contribution is -2.06. The molecular formula is C17H22N2O. The molecule has 0 bridgehead atoms. The first-order valence-corrected chi connectivity index (χ1v) is 6.98. The predicted octanol–water partition coefficient (Wildman–Crippen LogP) is 4.03. The Morgan fingerprint density at radius 3 is 2.45 bits per heavy atom. The van der Waals surface area contributed by atoms with E-state index in [1.165, 1.54) is 5.56 Å². The highest BCUT2D eigenvalue weighted by molar-refractivity contribution is 5.35. The molecule has 1 aromatic carbocycles. The smallest absolute Gasteiger partial charge is 0.222 e. The maximum absolute atomic E-state index is 5.85. The molecule has 20 heavy (non-hydrogen) atoms. The van der Waals surface area contributed by atoms with E-state index in [9.17, 15) is 0 Å². The quantitative estimate of drug-likeness (QED) is 0.891. The first kappa shape index (κ1) is 14.5. The summed E-state index contributed by atoms with van der Waals surface area (Å²) in [6.07, 6.45) is 1.85. The van der Waals surface area contributed by atoms with Gasteiger partial charge in [-0.05, 0) is 49.2 Å². The van der Waals surface area contributed by atoms with Gasteiger partial charge in [-0.15, -0.1) is 0 Å². The van der Waals surface area contributed by atoms with E-state index in [1.54, 1.807) is 0 Å². The number of nitrogens with zero attached hydrogens (tertiary/aromatic N) is 1. The highest BCUT2D eigenvalue weighted by Crippen LogP contribution is 2.25. The Morgan fingerprint density at radius 1 is 1.20 bits per heavy atom. The van der Waals surface area contributed by atoms with Gasteiger partial charge in [-0.3, -0.25) is 0 Å². The zero-order valence-electron chi connectivity index (χ0n) is 12.6. The Morgan fingerprint density at radius 2 is 1.90 bits per heavy atom. The van der Waals surface area contributed by atoms with Crippen molar-refractivity contribution >= 4 is 0 Å². The van der Waals surface area contributed by atoms with Crippen molar-refractivity contribution in [1.29, 1.82) is 0 Å². The standard InChI is InChI=1S/C17H22N2O/c1-12(2)15-5-7-16(8-6-15)20-17-13(3)9-14(10-18-4)11-19-17/h5-9,11-12,18H,10H2,1-4H3. The largest absolute Gasteiger partial charge is 0.439 e. The SMILES string of the molecule is CNCc1cnc(Oc2ccc(C(C)C)cc2)c(C)c1. The molecule has 0 saturated heterocycles. The van der Waals surface area contributed by atoms with Gasteiger partial charge in [-0.2, -0.15) is 0 Å². The molecule has 0 radical (unpaired) electrons. The van der Waals surface area contributed by atoms with Crippen LogP contribution in [-0.4, -0.2) is 12.0 Å². The van der Waals surface area contributed by atoms with Crippen molar-refractivity contribution in [3.8, 4) is 11.6 Å². The number of rotatable bonds is 5. The van der Waals surface area contributed by atoms with Crippen molar-refractivity contribution < 1.29 is 4.74 Å². The van der Waals surface area contributed by atoms with Gasteiger partial charge in [0.2, 0.25) is 5.88 Å². The summed E-state index contributed by atoms with van der Waals surface area (Å²) in [4.78, 5) is 4.39. The first-order valence-electron chi connectivity index (χ1n) is 6.98. The van der Waals surface area contributed by atoms with E-state index in [4.69, 9.17) is 4.74 Å². The van der Waals surface area contributed by atoms with Crippen LogP contribution in [0, 0.1) is 6.92 Å². The van der Waals surface area contributed by atoms with Crippen LogP contribution in [0.4, 0.5) is 0 Å². The second kappa shape index (κ2) is 6.53. The molecular weight excluding hydrogens is 248 g/mol. The third kappa shape index (κ3) is 3.58. The fourth-order valence-electron chi connectivity index (χ4n) is 2.06. The minimum atomic E-state index is 0.532. The lowest BCUT2D eigenvalue weighted by molar-refractivity contribution is 0.458. The minimum Gasteiger partial charge on any atom is -0.439 e. The molecule has 1 aromatic heterocycles. The first-order chi connectivity index (χ1) is 9.60. The van der Waals surface area contributed by atoms with Crippen LogP contribution in [0.15, 0.2) is 36.5 Å². The second-order valence-electron chi connectivity index (χ2n) is 5.32. The summed E-state index contributed by atoms with van der Waals surface area (Å²) in [6, 6.07) is 10.3. The molecule has 0 spiro atoms. The third-order valence-electron chi connectivity index (χ3n) is 3.23. The van der Waals surface area contributed by atoms with E-state index in [0.29, 0.717) is 11.8 Å². The van der Waals surface area contributed by atoms with Crippen molar-refractivity contribution in [1.82, 2.24) is 10.3 Å². The number of ether oxygens (including phenoxy) is 1. The third-order valence-corrected chi connectivity index (χ3v) is 3.23. The van der Waals surface area contributed by atoms with E-state index in [2.05, 4.69) is 42.3 Å². The van der Waals surface area contributed by atoms with Crippen LogP contribution in [0.1, 0.15) is 36.5 Å². The molecule has 0 atom stereocenters. The molecule has 2 rings (SSSR count). The maximum atomic E-state index is 5.85. The average Bonchev–Trinajstić information content (AvgIpc) is 2.43. The molecule has 0 aliphatic heterocycles. The Balaban J connectivity index is 2.13. The van der Waals surface area contributed by atoms with Gasteiger partial charge in [0.25, 0.3) is 0 Å². The molecule has 1 heterocycles. The zero-order chi connectivity index (χ0) is 14.5. The molecule has 3 nitrogen and oxygen atoms in total. The van der Waals surface area contributed by atoms with Gasteiger partial charge in [-0.1, -0.05) is 26.0 Å². The van der Waals surface area contributed by atoms with Crippen molar-refractivity contribution in [2.24, 2.45) is 0 Å². The Kier molecular flexibility index (Phi) is 4.74. The van der Waals surface area contributed by atoms with Gasteiger partial charge < -0.3 is 10.1 Å². The van der Waals surface area contributed by atoms with Crippen molar-refractivity contribution in [2.75, 3.05) is 7.05 Å². The monoisotopic (exact) mass is 270 g/mol. The van der Waals surface area contributed by atoms with E-state index in [0.717, 1.165) is 23.4 Å². The minimum absolute atomic E-state index is 0.532. The fourth-order valence-corrected chi connectivity index (χ4v) is 2.06. The number of nitrogens with one attached hydrogen (secondary N) is 1. The summed E-state index contributed by atoms with van der Waals surface area (Å²) in [5, 5.41) is 3.12. The summed E-state index contributed by atoms with van der Waals surface area (Å²) in [6.45, 7) is 7.20. The van der Waals surface area contributed by atoms with Crippen LogP contribution in [0.5, 0.6) is 11.6 Å². The van der Waals surface area contributed by atoms with Crippen molar-refractivity contribution in [3.05, 3.63) is 53.2 Å². The van der Waals surface area contributed by atoms with Gasteiger partial charge in [0.05, 0.1) is 0 Å². The normalized spacial score (nSPS) is 10.8. The van der Waals surface area contributed by atoms with Crippen LogP contribution in [0.3, 0.4) is 0 Å². The predicted molar refractivity (Wildman–Crippen MR) is 82.3 cm³/mol. The molecule has 106 valence electrons. The average molecular weight is 270 g/mol. The van der Waals surface area contributed by atoms with E-state index in [1.807, 2.05) is 32.3 Å². The Labute approximate surface area is 121 Å². The lowest BCUT2D eigenvalue weighted by Gasteiger charge is -2.10. The molecule has 0 amide bonds. The number of aromatic nitrogens is 1. The van der Waals surface area contributed by atoms with E-state index in [-0.39, 0.29) is 0 Å². The summed E-state index contributed by atoms with van der Waals surface area (Å²) < 4.78 is 5.85. The molecule has 0 saturated carbocycles. The number of pyridine rings is 1. The van der Waals surface area contributed by atoms with Gasteiger partial charge >= 0.3 is 0 Å². The van der Waals surface area contributed by atoms with Gasteiger partial charge in [0.1, 0.15) is 5.75 Å². The molecule has 1 N–H and O–H groups in total. The summed E-state index contributed by atoms with van der Waals surface area (Å²) in [7, 11) is 1.93. The summed E-state index contributed by atoms with van der Waals surface area (Å²) in [5.74, 6) is 2.03. The molecule has 0 fully saturated rings. The van der Waals surface area contributed by atoms with Crippen LogP contribution in [0.2, 0.25) is 0 Å². The van der Waals surface area contributed by atoms with E-state index >= 15 is 0 Å². The number of hydrogen-bond acceptors (Lipinski definition) is 3. The highest BCUT2D eigenvalue weighted by Gasteiger charge is 2.05. The number of aryl methyl sites for hydroxylation is 1. The molecule has 2 aromatic rings. The Bertz CT molecular complexity index is 562. The molecule has 0 aliphatic carbocycles. The number of benzene rings is 1. The van der Waals surface area contributed by atoms with Crippen LogP contribution >= 0.6 is 0 Å². The topological polar surface area (TPSA) is 34.2 Å². The van der Waals surface area contributed by atoms with E-state index < -0.39 is 0 Å². The van der Waals surface area contributed by atoms with Gasteiger partial charge in [-0.25, -0.2) is 4.98 Å². The van der Waals surface area contributed by atoms with Gasteiger partial charge in [0.15, 0.2) is 0 Å². The second-order valence-corrected chi connectivity index (χ2v) is 5.32. The lowest BCUT2D eigenvalue weighted by atomic mass is 10.0. The van der Waals surface area contributed by atoms with Crippen LogP contribution < -0.4 is 10.1 Å². The van der Waals surface area contributed by atoms with Crippen LogP contribution in [0.25, 0.3) is 0 Å². The summed E-state index contributed by atoms with van der Waals surface area (Å²) >= 11 is 0. The summed E-state index contributed by atoms with van der Waals surface area (Å²) in [5.41, 5.74) is 3.52. The molecule has 0 aliphatic rings. The number of hydrogen-bond donors (Lipinski definition) is 1. The maximum Gasteiger partial charge on any atom is 0.222 e. The fraction of sp³-hybridized carbons (Fsp3) is 0.353. The molecule has 0 unspecified atom stereocenters. The van der Waals surface area contributed by atoms with Crippen molar-refractivity contribution in [3.63, 3.8) is 0 Å².